The van der Waals surface area contributed by atoms with Crippen LogP contribution in [0.2, 0.25) is 0 Å². The van der Waals surface area contributed by atoms with E-state index in [1.54, 1.807) is 6.92 Å². The summed E-state index contributed by atoms with van der Waals surface area (Å²) >= 11 is 0. The predicted molar refractivity (Wildman–Crippen MR) is 88.4 cm³/mol. The van der Waals surface area contributed by atoms with Crippen molar-refractivity contribution >= 4 is 17.2 Å². The Hall–Kier alpha value is -1.64. The highest BCUT2D eigenvalue weighted by Crippen LogP contribution is 2.30. The number of aromatic nitrogens is 1. The molecule has 0 amide bonds. The van der Waals surface area contributed by atoms with Crippen LogP contribution >= 0.6 is 0 Å². The van der Waals surface area contributed by atoms with Crippen molar-refractivity contribution in [3.63, 3.8) is 0 Å². The number of hydrogen-bond acceptors (Lipinski definition) is 3. The molecule has 0 aliphatic heterocycles. The van der Waals surface area contributed by atoms with E-state index >= 15 is 0 Å². The molecule has 2 rings (SSSR count). The van der Waals surface area contributed by atoms with E-state index in [9.17, 15) is 4.79 Å². The number of nitrogens with one attached hydrogen (secondary N) is 1. The van der Waals surface area contributed by atoms with Gasteiger partial charge in [-0.05, 0) is 50.3 Å². The zero-order chi connectivity index (χ0) is 15.2. The first-order chi connectivity index (χ1) is 10.1. The molecule has 0 aromatic carbocycles. The van der Waals surface area contributed by atoms with Crippen LogP contribution < -0.4 is 5.32 Å². The molecule has 0 atom stereocenters. The van der Waals surface area contributed by atoms with Gasteiger partial charge in [-0.1, -0.05) is 25.8 Å². The molecular weight excluding hydrogens is 260 g/mol. The summed E-state index contributed by atoms with van der Waals surface area (Å²) in [5.41, 5.74) is 3.29. The Labute approximate surface area is 127 Å². The summed E-state index contributed by atoms with van der Waals surface area (Å²) in [5, 5.41) is 3.60. The summed E-state index contributed by atoms with van der Waals surface area (Å²) in [6.07, 6.45) is 9.48. The van der Waals surface area contributed by atoms with Crippen molar-refractivity contribution in [1.29, 1.82) is 0 Å². The molecule has 1 aromatic heterocycles. The van der Waals surface area contributed by atoms with Crippen molar-refractivity contribution < 1.29 is 4.79 Å². The van der Waals surface area contributed by atoms with E-state index in [-0.39, 0.29) is 5.78 Å². The Morgan fingerprint density at radius 1 is 1.33 bits per heavy atom. The lowest BCUT2D eigenvalue weighted by Crippen LogP contribution is -2.23. The lowest BCUT2D eigenvalue weighted by molar-refractivity contribution is -0.116. The van der Waals surface area contributed by atoms with Crippen LogP contribution in [0.15, 0.2) is 18.8 Å². The van der Waals surface area contributed by atoms with Gasteiger partial charge >= 0.3 is 0 Å². The molecule has 1 aliphatic carbocycles. The van der Waals surface area contributed by atoms with Gasteiger partial charge in [-0.15, -0.1) is 0 Å². The summed E-state index contributed by atoms with van der Waals surface area (Å²) in [4.78, 5) is 15.7. The van der Waals surface area contributed by atoms with Crippen LogP contribution in [0, 0.1) is 6.92 Å². The number of carbonyl (C=O) groups is 1. The van der Waals surface area contributed by atoms with E-state index in [0.717, 1.165) is 17.0 Å². The number of allylic oxidation sites excluding steroid dienone is 1. The quantitative estimate of drug-likeness (QED) is 0.836. The third-order valence-electron chi connectivity index (χ3n) is 4.24. The van der Waals surface area contributed by atoms with Gasteiger partial charge < -0.3 is 10.1 Å². The third kappa shape index (κ3) is 4.42. The molecule has 114 valence electrons. The van der Waals surface area contributed by atoms with Crippen molar-refractivity contribution in [2.24, 2.45) is 0 Å². The third-order valence-corrected chi connectivity index (χ3v) is 4.24. The SMILES string of the molecule is C=C(CCC(C)=O)c1c(C)ccnc1NC1CCCCC1. The second-order valence-corrected chi connectivity index (χ2v) is 6.14. The summed E-state index contributed by atoms with van der Waals surface area (Å²) in [7, 11) is 0. The van der Waals surface area contributed by atoms with Crippen LogP contribution in [-0.4, -0.2) is 16.8 Å². The van der Waals surface area contributed by atoms with Crippen molar-refractivity contribution in [1.82, 2.24) is 4.98 Å². The maximum absolute atomic E-state index is 11.2. The molecule has 3 nitrogen and oxygen atoms in total. The molecule has 0 unspecified atom stereocenters. The second-order valence-electron chi connectivity index (χ2n) is 6.14. The molecule has 1 aliphatic rings. The number of rotatable bonds is 6. The van der Waals surface area contributed by atoms with E-state index in [2.05, 4.69) is 23.8 Å². The summed E-state index contributed by atoms with van der Waals surface area (Å²) in [5.74, 6) is 1.15. The molecule has 1 aromatic rings. The number of aryl methyl sites for hydroxylation is 1. The number of carbonyl (C=O) groups excluding carboxylic acids is 1. The Morgan fingerprint density at radius 2 is 2.05 bits per heavy atom. The standard InChI is InChI=1S/C18H26N2O/c1-13(9-10-15(3)21)17-14(2)11-12-19-18(17)20-16-7-5-4-6-8-16/h11-12,16H,1,4-10H2,2-3H3,(H,19,20). The van der Waals surface area contributed by atoms with E-state index in [4.69, 9.17) is 0 Å². The molecule has 3 heteroatoms. The highest BCUT2D eigenvalue weighted by Gasteiger charge is 2.17. The first-order valence-electron chi connectivity index (χ1n) is 7.97. The first-order valence-corrected chi connectivity index (χ1v) is 7.97. The Balaban J connectivity index is 2.14. The van der Waals surface area contributed by atoms with Crippen LogP contribution in [0.4, 0.5) is 5.82 Å². The number of hydrogen-bond donors (Lipinski definition) is 1. The van der Waals surface area contributed by atoms with Gasteiger partial charge in [0.1, 0.15) is 11.6 Å². The lowest BCUT2D eigenvalue weighted by atomic mass is 9.94. The van der Waals surface area contributed by atoms with Crippen molar-refractivity contribution in [3.8, 4) is 0 Å². The summed E-state index contributed by atoms with van der Waals surface area (Å²) in [6, 6.07) is 2.53. The van der Waals surface area contributed by atoms with Crippen LogP contribution in [0.1, 0.15) is 63.0 Å². The van der Waals surface area contributed by atoms with Crippen molar-refractivity contribution in [3.05, 3.63) is 30.0 Å². The van der Waals surface area contributed by atoms with Gasteiger partial charge in [0.05, 0.1) is 0 Å². The van der Waals surface area contributed by atoms with Gasteiger partial charge in [0.2, 0.25) is 0 Å². The molecule has 1 N–H and O–H groups in total. The van der Waals surface area contributed by atoms with Crippen molar-refractivity contribution in [2.75, 3.05) is 5.32 Å². The highest BCUT2D eigenvalue weighted by molar-refractivity contribution is 5.81. The topological polar surface area (TPSA) is 42.0 Å². The van der Waals surface area contributed by atoms with Gasteiger partial charge in [0.25, 0.3) is 0 Å². The minimum atomic E-state index is 0.208. The molecule has 0 saturated heterocycles. The van der Waals surface area contributed by atoms with Gasteiger partial charge in [-0.3, -0.25) is 0 Å². The van der Waals surface area contributed by atoms with Crippen molar-refractivity contribution in [2.45, 2.75) is 64.8 Å². The average molecular weight is 286 g/mol. The zero-order valence-electron chi connectivity index (χ0n) is 13.2. The predicted octanol–water partition coefficient (Wildman–Crippen LogP) is 4.52. The lowest BCUT2D eigenvalue weighted by Gasteiger charge is -2.25. The molecule has 1 saturated carbocycles. The van der Waals surface area contributed by atoms with Gasteiger partial charge in [0.15, 0.2) is 0 Å². The first kappa shape index (κ1) is 15.7. The molecule has 21 heavy (non-hydrogen) atoms. The van der Waals surface area contributed by atoms with Gasteiger partial charge in [-0.2, -0.15) is 0 Å². The smallest absolute Gasteiger partial charge is 0.133 e. The number of Topliss-reactive ketones (excluding diaryl/α,β-unsaturated/α-hetero) is 1. The average Bonchev–Trinajstić information content (AvgIpc) is 2.46. The normalized spacial score (nSPS) is 15.7. The Kier molecular flexibility index (Phi) is 5.54. The molecular formula is C18H26N2O. The fourth-order valence-corrected chi connectivity index (χ4v) is 3.01. The van der Waals surface area contributed by atoms with Gasteiger partial charge in [-0.25, -0.2) is 4.98 Å². The van der Waals surface area contributed by atoms with E-state index in [1.807, 2.05) is 12.3 Å². The number of pyridine rings is 1. The molecule has 0 spiro atoms. The largest absolute Gasteiger partial charge is 0.367 e. The monoisotopic (exact) mass is 286 g/mol. The molecule has 0 radical (unpaired) electrons. The van der Waals surface area contributed by atoms with Crippen LogP contribution in [0.25, 0.3) is 5.57 Å². The van der Waals surface area contributed by atoms with E-state index in [1.165, 1.54) is 37.7 Å². The maximum atomic E-state index is 11.2. The molecule has 1 fully saturated rings. The molecule has 0 bridgehead atoms. The number of nitrogens with zero attached hydrogens (tertiary/aromatic N) is 1. The van der Waals surface area contributed by atoms with Crippen LogP contribution in [-0.2, 0) is 4.79 Å². The van der Waals surface area contributed by atoms with E-state index < -0.39 is 0 Å². The fourth-order valence-electron chi connectivity index (χ4n) is 3.01. The van der Waals surface area contributed by atoms with Crippen LogP contribution in [0.5, 0.6) is 0 Å². The fraction of sp³-hybridized carbons (Fsp3) is 0.556. The maximum Gasteiger partial charge on any atom is 0.133 e. The molecule has 1 heterocycles. The summed E-state index contributed by atoms with van der Waals surface area (Å²) < 4.78 is 0. The summed E-state index contributed by atoms with van der Waals surface area (Å²) in [6.45, 7) is 7.89. The van der Waals surface area contributed by atoms with Crippen LogP contribution in [0.3, 0.4) is 0 Å². The van der Waals surface area contributed by atoms with E-state index in [0.29, 0.717) is 18.9 Å². The Bertz CT molecular complexity index is 516. The van der Waals surface area contributed by atoms with Gasteiger partial charge in [0, 0.05) is 24.2 Å². The minimum absolute atomic E-state index is 0.208. The number of ketones is 1. The Morgan fingerprint density at radius 3 is 2.71 bits per heavy atom. The number of anilines is 1. The minimum Gasteiger partial charge on any atom is -0.367 e. The second kappa shape index (κ2) is 7.39. The highest BCUT2D eigenvalue weighted by atomic mass is 16.1. The zero-order valence-corrected chi connectivity index (χ0v) is 13.2.